The van der Waals surface area contributed by atoms with Crippen molar-refractivity contribution < 1.29 is 14.3 Å². The van der Waals surface area contributed by atoms with Crippen LogP contribution in [-0.2, 0) is 27.2 Å². The lowest BCUT2D eigenvalue weighted by Crippen LogP contribution is -2.37. The number of rotatable bonds is 13. The molecule has 0 aromatic heterocycles. The number of ether oxygens (including phenoxy) is 1. The van der Waals surface area contributed by atoms with E-state index in [0.717, 1.165) is 19.3 Å². The van der Waals surface area contributed by atoms with Gasteiger partial charge in [0.05, 0.1) is 6.04 Å². The fraction of sp³-hybridized carbons (Fsp3) is 0.636. The number of carbonyl (C=O) groups is 2. The van der Waals surface area contributed by atoms with E-state index in [4.69, 9.17) is 4.74 Å². The number of nitrogens with one attached hydrogen (secondary N) is 1. The Labute approximate surface area is 158 Å². The topological polar surface area (TPSA) is 55.4 Å². The first-order valence-corrected chi connectivity index (χ1v) is 9.99. The molecule has 0 saturated carbocycles. The second-order valence-electron chi connectivity index (χ2n) is 7.07. The number of esters is 1. The van der Waals surface area contributed by atoms with Crippen LogP contribution in [0, 0.1) is 0 Å². The Morgan fingerprint density at radius 2 is 1.50 bits per heavy atom. The maximum absolute atomic E-state index is 11.3. The first kappa shape index (κ1) is 22.2. The molecule has 0 aliphatic heterocycles. The van der Waals surface area contributed by atoms with Crippen LogP contribution in [0.25, 0.3) is 0 Å². The monoisotopic (exact) mass is 361 g/mol. The zero-order chi connectivity index (χ0) is 19.2. The van der Waals surface area contributed by atoms with E-state index in [2.05, 4.69) is 36.5 Å². The van der Waals surface area contributed by atoms with Gasteiger partial charge in [0.15, 0.2) is 0 Å². The summed E-state index contributed by atoms with van der Waals surface area (Å²) in [7, 11) is 0. The third kappa shape index (κ3) is 10.9. The van der Waals surface area contributed by atoms with Crippen molar-refractivity contribution in [1.82, 2.24) is 5.32 Å². The Morgan fingerprint density at radius 3 is 2.08 bits per heavy atom. The van der Waals surface area contributed by atoms with Crippen LogP contribution in [0.2, 0.25) is 0 Å². The van der Waals surface area contributed by atoms with E-state index in [1.54, 1.807) is 0 Å². The number of hydrogen-bond donors (Lipinski definition) is 1. The molecule has 0 fully saturated rings. The molecule has 1 aromatic carbocycles. The van der Waals surface area contributed by atoms with Gasteiger partial charge in [-0.1, -0.05) is 63.3 Å². The highest BCUT2D eigenvalue weighted by atomic mass is 16.5. The molecule has 0 radical (unpaired) electrons. The minimum atomic E-state index is -0.320. The Balaban J connectivity index is 2.34. The Kier molecular flexibility index (Phi) is 11.4. The molecule has 4 heteroatoms. The van der Waals surface area contributed by atoms with Gasteiger partial charge in [-0.15, -0.1) is 0 Å². The summed E-state index contributed by atoms with van der Waals surface area (Å²) in [6.07, 6.45) is 10.7. The molecule has 1 unspecified atom stereocenters. The van der Waals surface area contributed by atoms with E-state index in [0.29, 0.717) is 0 Å². The molecule has 0 spiro atoms. The van der Waals surface area contributed by atoms with Crippen LogP contribution in [0.3, 0.4) is 0 Å². The SMILES string of the molecule is CCCCCCCCc1ccc(CCC(COC(C)=O)NC(C)=O)cc1. The summed E-state index contributed by atoms with van der Waals surface area (Å²) in [6.45, 7) is 5.34. The van der Waals surface area contributed by atoms with Crippen molar-refractivity contribution in [3.8, 4) is 0 Å². The van der Waals surface area contributed by atoms with E-state index < -0.39 is 0 Å². The zero-order valence-corrected chi connectivity index (χ0v) is 16.7. The second-order valence-corrected chi connectivity index (χ2v) is 7.07. The van der Waals surface area contributed by atoms with Crippen LogP contribution < -0.4 is 5.32 Å². The number of aryl methyl sites for hydroxylation is 2. The van der Waals surface area contributed by atoms with Gasteiger partial charge in [0.2, 0.25) is 5.91 Å². The molecule has 4 nitrogen and oxygen atoms in total. The second kappa shape index (κ2) is 13.4. The molecular weight excluding hydrogens is 326 g/mol. The minimum Gasteiger partial charge on any atom is -0.464 e. The van der Waals surface area contributed by atoms with Crippen molar-refractivity contribution in [2.45, 2.75) is 84.6 Å². The highest BCUT2D eigenvalue weighted by Gasteiger charge is 2.12. The predicted octanol–water partition coefficient (Wildman–Crippen LogP) is 4.59. The molecule has 146 valence electrons. The standard InChI is InChI=1S/C22H35NO3/c1-4-5-6-7-8-9-10-20-11-13-21(14-12-20)15-16-22(23-18(2)24)17-26-19(3)25/h11-14,22H,4-10,15-17H2,1-3H3,(H,23,24). The van der Waals surface area contributed by atoms with Gasteiger partial charge < -0.3 is 10.1 Å². The lowest BCUT2D eigenvalue weighted by molar-refractivity contribution is -0.142. The van der Waals surface area contributed by atoms with Crippen molar-refractivity contribution in [3.05, 3.63) is 35.4 Å². The van der Waals surface area contributed by atoms with Gasteiger partial charge in [-0.3, -0.25) is 9.59 Å². The predicted molar refractivity (Wildman–Crippen MR) is 106 cm³/mol. The number of benzene rings is 1. The average molecular weight is 362 g/mol. The molecule has 1 N–H and O–H groups in total. The highest BCUT2D eigenvalue weighted by molar-refractivity contribution is 5.73. The van der Waals surface area contributed by atoms with Crippen LogP contribution in [-0.4, -0.2) is 24.5 Å². The summed E-state index contributed by atoms with van der Waals surface area (Å²) in [5.74, 6) is -0.421. The molecule has 1 aromatic rings. The average Bonchev–Trinajstić information content (AvgIpc) is 2.61. The van der Waals surface area contributed by atoms with Gasteiger partial charge >= 0.3 is 5.97 Å². The molecule has 26 heavy (non-hydrogen) atoms. The van der Waals surface area contributed by atoms with E-state index in [1.165, 1.54) is 63.5 Å². The largest absolute Gasteiger partial charge is 0.464 e. The van der Waals surface area contributed by atoms with E-state index in [-0.39, 0.29) is 24.5 Å². The Bertz CT molecular complexity index is 525. The highest BCUT2D eigenvalue weighted by Crippen LogP contribution is 2.13. The summed E-state index contributed by atoms with van der Waals surface area (Å²) in [4.78, 5) is 22.3. The summed E-state index contributed by atoms with van der Waals surface area (Å²) in [6, 6.07) is 8.62. The van der Waals surface area contributed by atoms with Crippen molar-refractivity contribution >= 4 is 11.9 Å². The lowest BCUT2D eigenvalue weighted by Gasteiger charge is -2.17. The molecule has 1 amide bonds. The van der Waals surface area contributed by atoms with Crippen molar-refractivity contribution in [2.75, 3.05) is 6.61 Å². The van der Waals surface area contributed by atoms with Crippen LogP contribution in [0.1, 0.15) is 76.8 Å². The molecule has 0 saturated heterocycles. The molecule has 0 heterocycles. The smallest absolute Gasteiger partial charge is 0.302 e. The maximum Gasteiger partial charge on any atom is 0.302 e. The molecule has 0 aliphatic carbocycles. The van der Waals surface area contributed by atoms with Crippen molar-refractivity contribution in [1.29, 1.82) is 0 Å². The lowest BCUT2D eigenvalue weighted by atomic mass is 10.0. The normalized spacial score (nSPS) is 11.8. The van der Waals surface area contributed by atoms with Crippen LogP contribution in [0.5, 0.6) is 0 Å². The van der Waals surface area contributed by atoms with E-state index >= 15 is 0 Å². The van der Waals surface area contributed by atoms with Crippen LogP contribution >= 0.6 is 0 Å². The minimum absolute atomic E-state index is 0.101. The van der Waals surface area contributed by atoms with Crippen molar-refractivity contribution in [2.24, 2.45) is 0 Å². The molecule has 0 aliphatic rings. The first-order valence-electron chi connectivity index (χ1n) is 9.99. The Hall–Kier alpha value is -1.84. The third-order valence-electron chi connectivity index (χ3n) is 4.52. The quantitative estimate of drug-likeness (QED) is 0.413. The summed E-state index contributed by atoms with van der Waals surface area (Å²) >= 11 is 0. The van der Waals surface area contributed by atoms with Gasteiger partial charge in [-0.05, 0) is 36.8 Å². The van der Waals surface area contributed by atoms with Crippen LogP contribution in [0.4, 0.5) is 0 Å². The Morgan fingerprint density at radius 1 is 0.923 bits per heavy atom. The van der Waals surface area contributed by atoms with Gasteiger partial charge in [0, 0.05) is 13.8 Å². The van der Waals surface area contributed by atoms with Gasteiger partial charge in [-0.2, -0.15) is 0 Å². The fourth-order valence-corrected chi connectivity index (χ4v) is 3.03. The number of carbonyl (C=O) groups excluding carboxylic acids is 2. The fourth-order valence-electron chi connectivity index (χ4n) is 3.03. The summed E-state index contributed by atoms with van der Waals surface area (Å²) in [5, 5.41) is 2.85. The molecule has 1 atom stereocenters. The van der Waals surface area contributed by atoms with Crippen molar-refractivity contribution in [3.63, 3.8) is 0 Å². The van der Waals surface area contributed by atoms with E-state index in [1.807, 2.05) is 0 Å². The summed E-state index contributed by atoms with van der Waals surface area (Å²) in [5.41, 5.74) is 2.64. The first-order chi connectivity index (χ1) is 12.5. The third-order valence-corrected chi connectivity index (χ3v) is 4.52. The van der Waals surface area contributed by atoms with Gasteiger partial charge in [-0.25, -0.2) is 0 Å². The zero-order valence-electron chi connectivity index (χ0n) is 16.7. The number of amides is 1. The summed E-state index contributed by atoms with van der Waals surface area (Å²) < 4.78 is 5.04. The number of hydrogen-bond acceptors (Lipinski definition) is 3. The molecular formula is C22H35NO3. The van der Waals surface area contributed by atoms with Gasteiger partial charge in [0.1, 0.15) is 6.61 Å². The molecule has 0 bridgehead atoms. The number of unbranched alkanes of at least 4 members (excludes halogenated alkanes) is 5. The maximum atomic E-state index is 11.3. The molecule has 1 rings (SSSR count). The van der Waals surface area contributed by atoms with Crippen LogP contribution in [0.15, 0.2) is 24.3 Å². The van der Waals surface area contributed by atoms with Gasteiger partial charge in [0.25, 0.3) is 0 Å². The van der Waals surface area contributed by atoms with E-state index in [9.17, 15) is 9.59 Å².